The number of carbonyl (C=O) groups excluding carboxylic acids is 2. The van der Waals surface area contributed by atoms with Crippen molar-refractivity contribution in [1.29, 1.82) is 0 Å². The van der Waals surface area contributed by atoms with E-state index in [0.717, 1.165) is 0 Å². The van der Waals surface area contributed by atoms with Gasteiger partial charge in [0.15, 0.2) is 0 Å². The molecule has 4 rings (SSSR count). The van der Waals surface area contributed by atoms with Gasteiger partial charge >= 0.3 is 0 Å². The number of para-hydroxylation sites is 1. The zero-order chi connectivity index (χ0) is 23.4. The normalized spacial score (nSPS) is 14.3. The van der Waals surface area contributed by atoms with E-state index in [4.69, 9.17) is 4.42 Å². The Morgan fingerprint density at radius 2 is 1.52 bits per heavy atom. The van der Waals surface area contributed by atoms with E-state index in [-0.39, 0.29) is 34.6 Å². The second-order valence-corrected chi connectivity index (χ2v) is 9.30. The van der Waals surface area contributed by atoms with Crippen molar-refractivity contribution >= 4 is 21.8 Å². The number of aromatic hydroxyl groups is 1. The van der Waals surface area contributed by atoms with Crippen molar-refractivity contribution in [3.05, 3.63) is 83.8 Å². The highest BCUT2D eigenvalue weighted by molar-refractivity contribution is 7.89. The van der Waals surface area contributed by atoms with Crippen LogP contribution in [0.4, 0.5) is 0 Å². The van der Waals surface area contributed by atoms with Crippen LogP contribution in [0.15, 0.2) is 76.2 Å². The number of nitrogens with one attached hydrogen (secondary N) is 1. The molecule has 0 bridgehead atoms. The number of phenols is 1. The van der Waals surface area contributed by atoms with Gasteiger partial charge in [-0.1, -0.05) is 12.1 Å². The molecule has 3 aromatic rings. The number of hydrogen-bond acceptors (Lipinski definition) is 6. The van der Waals surface area contributed by atoms with Crippen LogP contribution >= 0.6 is 0 Å². The van der Waals surface area contributed by atoms with Gasteiger partial charge < -0.3 is 19.3 Å². The average Bonchev–Trinajstić information content (AvgIpc) is 3.36. The first-order valence-corrected chi connectivity index (χ1v) is 11.8. The highest BCUT2D eigenvalue weighted by Gasteiger charge is 2.27. The van der Waals surface area contributed by atoms with E-state index in [0.29, 0.717) is 37.5 Å². The molecule has 0 aliphatic carbocycles. The Hall–Kier alpha value is -3.63. The summed E-state index contributed by atoms with van der Waals surface area (Å²) in [6.45, 7) is 1.37. The number of nitrogens with zero attached hydrogens (tertiary/aromatic N) is 2. The van der Waals surface area contributed by atoms with Gasteiger partial charge in [-0.05, 0) is 48.5 Å². The second-order valence-electron chi connectivity index (χ2n) is 7.53. The Morgan fingerprint density at radius 3 is 2.12 bits per heavy atom. The van der Waals surface area contributed by atoms with Crippen LogP contribution in [0.2, 0.25) is 0 Å². The summed E-state index contributed by atoms with van der Waals surface area (Å²) >= 11 is 0. The van der Waals surface area contributed by atoms with Gasteiger partial charge in [0.25, 0.3) is 11.8 Å². The third-order valence-corrected chi connectivity index (χ3v) is 6.83. The van der Waals surface area contributed by atoms with Gasteiger partial charge in [-0.25, -0.2) is 13.1 Å². The molecule has 1 fully saturated rings. The lowest BCUT2D eigenvalue weighted by Gasteiger charge is -2.35. The minimum atomic E-state index is -3.75. The van der Waals surface area contributed by atoms with Crippen molar-refractivity contribution in [2.24, 2.45) is 0 Å². The Balaban J connectivity index is 1.35. The number of rotatable bonds is 6. The molecule has 33 heavy (non-hydrogen) atoms. The lowest BCUT2D eigenvalue weighted by Crippen LogP contribution is -2.50. The van der Waals surface area contributed by atoms with Crippen molar-refractivity contribution in [2.45, 2.75) is 11.4 Å². The van der Waals surface area contributed by atoms with Crippen LogP contribution in [0.25, 0.3) is 0 Å². The van der Waals surface area contributed by atoms with Crippen LogP contribution in [0.3, 0.4) is 0 Å². The fourth-order valence-corrected chi connectivity index (χ4v) is 4.55. The highest BCUT2D eigenvalue weighted by atomic mass is 32.2. The van der Waals surface area contributed by atoms with Gasteiger partial charge in [0.2, 0.25) is 10.0 Å². The van der Waals surface area contributed by atoms with Crippen LogP contribution in [-0.4, -0.2) is 61.3 Å². The van der Waals surface area contributed by atoms with Gasteiger partial charge in [0.1, 0.15) is 11.5 Å². The molecule has 10 heteroatoms. The van der Waals surface area contributed by atoms with Crippen molar-refractivity contribution in [2.75, 3.05) is 26.2 Å². The number of sulfonamides is 1. The van der Waals surface area contributed by atoms with Crippen molar-refractivity contribution in [1.82, 2.24) is 14.5 Å². The Labute approximate surface area is 191 Å². The minimum absolute atomic E-state index is 0.0275. The van der Waals surface area contributed by atoms with Crippen molar-refractivity contribution in [3.63, 3.8) is 0 Å². The van der Waals surface area contributed by atoms with Crippen LogP contribution in [0.5, 0.6) is 5.75 Å². The molecule has 0 unspecified atom stereocenters. The Kier molecular flexibility index (Phi) is 6.47. The summed E-state index contributed by atoms with van der Waals surface area (Å²) in [5, 5.41) is 9.90. The van der Waals surface area contributed by atoms with Crippen molar-refractivity contribution in [3.8, 4) is 5.75 Å². The summed E-state index contributed by atoms with van der Waals surface area (Å²) < 4.78 is 32.5. The second kappa shape index (κ2) is 9.47. The fourth-order valence-electron chi connectivity index (χ4n) is 3.56. The summed E-state index contributed by atoms with van der Waals surface area (Å²) in [7, 11) is -3.75. The molecule has 0 radical (unpaired) electrons. The van der Waals surface area contributed by atoms with Crippen LogP contribution in [-0.2, 0) is 16.6 Å². The third-order valence-electron chi connectivity index (χ3n) is 5.42. The van der Waals surface area contributed by atoms with Crippen LogP contribution in [0.1, 0.15) is 26.5 Å². The smallest absolute Gasteiger partial charge is 0.257 e. The lowest BCUT2D eigenvalue weighted by molar-refractivity contribution is 0.0533. The molecule has 2 N–H and O–H groups in total. The molecular weight excluding hydrogens is 446 g/mol. The molecule has 2 aromatic carbocycles. The lowest BCUT2D eigenvalue weighted by atomic mass is 10.1. The van der Waals surface area contributed by atoms with E-state index in [1.165, 1.54) is 36.6 Å². The number of amides is 2. The molecule has 172 valence electrons. The Morgan fingerprint density at radius 1 is 0.879 bits per heavy atom. The summed E-state index contributed by atoms with van der Waals surface area (Å²) in [6.07, 6.45) is 1.46. The summed E-state index contributed by atoms with van der Waals surface area (Å²) in [5.41, 5.74) is 0.593. The number of phenolic OH excluding ortho intramolecular Hbond substituents is 1. The zero-order valence-electron chi connectivity index (χ0n) is 17.7. The third kappa shape index (κ3) is 5.07. The molecule has 2 heterocycles. The minimum Gasteiger partial charge on any atom is -0.507 e. The average molecular weight is 470 g/mol. The summed E-state index contributed by atoms with van der Waals surface area (Å²) in [5.74, 6) is -0.103. The van der Waals surface area contributed by atoms with E-state index >= 15 is 0 Å². The largest absolute Gasteiger partial charge is 0.507 e. The molecule has 0 spiro atoms. The van der Waals surface area contributed by atoms with E-state index in [9.17, 15) is 23.1 Å². The molecule has 1 saturated heterocycles. The highest BCUT2D eigenvalue weighted by Crippen LogP contribution is 2.20. The van der Waals surface area contributed by atoms with E-state index in [2.05, 4.69) is 4.72 Å². The maximum atomic E-state index is 12.8. The molecule has 2 amide bonds. The van der Waals surface area contributed by atoms with E-state index in [1.807, 2.05) is 0 Å². The van der Waals surface area contributed by atoms with Gasteiger partial charge in [-0.3, -0.25) is 9.59 Å². The van der Waals surface area contributed by atoms with E-state index in [1.54, 1.807) is 40.1 Å². The predicted molar refractivity (Wildman–Crippen MR) is 119 cm³/mol. The quantitative estimate of drug-likeness (QED) is 0.570. The molecule has 1 aliphatic rings. The number of hydrogen-bond donors (Lipinski definition) is 2. The van der Waals surface area contributed by atoms with Gasteiger partial charge in [0.05, 0.1) is 23.3 Å². The first kappa shape index (κ1) is 22.6. The number of benzene rings is 2. The predicted octanol–water partition coefficient (Wildman–Crippen LogP) is 2.06. The summed E-state index contributed by atoms with van der Waals surface area (Å²) in [4.78, 5) is 28.7. The molecule has 9 nitrogen and oxygen atoms in total. The number of furan rings is 1. The van der Waals surface area contributed by atoms with Gasteiger partial charge in [-0.2, -0.15) is 0 Å². The summed E-state index contributed by atoms with van der Waals surface area (Å²) in [6, 6.07) is 15.4. The molecule has 0 atom stereocenters. The molecule has 1 aromatic heterocycles. The maximum Gasteiger partial charge on any atom is 0.257 e. The monoisotopic (exact) mass is 469 g/mol. The topological polar surface area (TPSA) is 120 Å². The standard InChI is InChI=1S/C23H23N3O6S/c27-21-6-2-1-5-20(21)23(29)26-13-11-25(12-14-26)22(28)17-7-9-19(10-8-17)33(30,31)24-16-18-4-3-15-32-18/h1-10,15,24,27H,11-14,16H2. The van der Waals surface area contributed by atoms with Crippen molar-refractivity contribution < 1.29 is 27.5 Å². The SMILES string of the molecule is O=C(c1ccc(S(=O)(=O)NCc2ccco2)cc1)N1CCN(C(=O)c2ccccc2O)CC1. The Bertz CT molecular complexity index is 1230. The zero-order valence-corrected chi connectivity index (χ0v) is 18.5. The number of carbonyl (C=O) groups is 2. The first-order chi connectivity index (χ1) is 15.8. The number of piperazine rings is 1. The molecular formula is C23H23N3O6S. The molecule has 0 saturated carbocycles. The molecule has 1 aliphatic heterocycles. The van der Waals surface area contributed by atoms with Crippen LogP contribution in [0, 0.1) is 0 Å². The fraction of sp³-hybridized carbons (Fsp3) is 0.217. The van der Waals surface area contributed by atoms with Gasteiger partial charge in [0, 0.05) is 31.7 Å². The first-order valence-electron chi connectivity index (χ1n) is 10.3. The van der Waals surface area contributed by atoms with E-state index < -0.39 is 10.0 Å². The maximum absolute atomic E-state index is 12.8. The van der Waals surface area contributed by atoms with Crippen LogP contribution < -0.4 is 4.72 Å². The van der Waals surface area contributed by atoms with Gasteiger partial charge in [-0.15, -0.1) is 0 Å².